The van der Waals surface area contributed by atoms with Crippen LogP contribution in [-0.2, 0) is 16.4 Å². The number of para-hydroxylation sites is 1. The lowest BCUT2D eigenvalue weighted by Gasteiger charge is -2.14. The molecule has 1 amide bonds. The number of pyridine rings is 2. The Morgan fingerprint density at radius 1 is 1.11 bits per heavy atom. The summed E-state index contributed by atoms with van der Waals surface area (Å²) in [6.07, 6.45) is 4.14. The molecular formula is C27H22ClN5O4S. The number of sulfone groups is 1. The van der Waals surface area contributed by atoms with Crippen molar-refractivity contribution in [1.82, 2.24) is 14.5 Å². The Hall–Kier alpha value is -4.41. The zero-order valence-corrected chi connectivity index (χ0v) is 21.7. The molecule has 3 aromatic heterocycles. The molecule has 0 atom stereocenters. The number of aromatic nitrogens is 3. The number of fused-ring (bicyclic) bond motifs is 1. The Kier molecular flexibility index (Phi) is 6.52. The number of halogens is 1. The molecule has 5 aromatic rings. The minimum Gasteiger partial charge on any atom is -0.384 e. The largest absolute Gasteiger partial charge is 0.384 e. The number of carbonyl (C=O) groups is 1. The van der Waals surface area contributed by atoms with Crippen molar-refractivity contribution >= 4 is 49.8 Å². The fourth-order valence-electron chi connectivity index (χ4n) is 4.47. The summed E-state index contributed by atoms with van der Waals surface area (Å²) in [5.41, 5.74) is 7.80. The number of H-pyrrole nitrogens is 1. The van der Waals surface area contributed by atoms with Crippen LogP contribution >= 0.6 is 11.6 Å². The van der Waals surface area contributed by atoms with Gasteiger partial charge < -0.3 is 20.6 Å². The van der Waals surface area contributed by atoms with Gasteiger partial charge >= 0.3 is 0 Å². The molecule has 9 nitrogen and oxygen atoms in total. The van der Waals surface area contributed by atoms with E-state index >= 15 is 0 Å². The first kappa shape index (κ1) is 25.2. The van der Waals surface area contributed by atoms with E-state index in [4.69, 9.17) is 17.3 Å². The lowest BCUT2D eigenvalue weighted by atomic mass is 10.0. The maximum Gasteiger partial charge on any atom is 0.273 e. The average Bonchev–Trinajstić information content (AvgIpc) is 3.17. The minimum absolute atomic E-state index is 0.0277. The standard InChI is InChI=1S/C27H22ClN5O4S/c1-38(36,37)22-7-3-2-6-20(22)32-27(35)25-24(18-5-4-11-31-26(18)34)19-14-17(28)8-9-21(19)33(25)15-16-10-12-30-23(29)13-16/h2-14H,15H2,1H3,(H2,29,30)(H,31,34)(H,32,35). The van der Waals surface area contributed by atoms with Crippen molar-refractivity contribution in [3.05, 3.63) is 106 Å². The van der Waals surface area contributed by atoms with Gasteiger partial charge in [0.1, 0.15) is 11.5 Å². The van der Waals surface area contributed by atoms with Crippen molar-refractivity contribution in [1.29, 1.82) is 0 Å². The number of hydrogen-bond acceptors (Lipinski definition) is 6. The van der Waals surface area contributed by atoms with E-state index in [1.54, 1.807) is 65.4 Å². The number of aromatic amines is 1. The summed E-state index contributed by atoms with van der Waals surface area (Å²) in [6, 6.07) is 18.0. The van der Waals surface area contributed by atoms with Gasteiger partial charge in [0.2, 0.25) is 0 Å². The molecule has 192 valence electrons. The average molecular weight is 548 g/mol. The highest BCUT2D eigenvalue weighted by molar-refractivity contribution is 7.90. The van der Waals surface area contributed by atoms with Gasteiger partial charge in [0, 0.05) is 52.2 Å². The van der Waals surface area contributed by atoms with Gasteiger partial charge in [-0.15, -0.1) is 0 Å². The fraction of sp³-hybridized carbons (Fsp3) is 0.0741. The van der Waals surface area contributed by atoms with E-state index in [2.05, 4.69) is 15.3 Å². The number of benzene rings is 2. The van der Waals surface area contributed by atoms with Gasteiger partial charge in [-0.25, -0.2) is 13.4 Å². The second-order valence-electron chi connectivity index (χ2n) is 8.70. The number of amides is 1. The fourth-order valence-corrected chi connectivity index (χ4v) is 5.48. The zero-order chi connectivity index (χ0) is 27.0. The summed E-state index contributed by atoms with van der Waals surface area (Å²) in [5.74, 6) is -0.288. The van der Waals surface area contributed by atoms with Crippen LogP contribution in [0.1, 0.15) is 16.1 Å². The minimum atomic E-state index is -3.64. The molecular weight excluding hydrogens is 526 g/mol. The first-order valence-corrected chi connectivity index (χ1v) is 13.7. The maximum absolute atomic E-state index is 14.0. The van der Waals surface area contributed by atoms with Crippen LogP contribution in [0.3, 0.4) is 0 Å². The van der Waals surface area contributed by atoms with Gasteiger partial charge in [0.05, 0.1) is 10.6 Å². The van der Waals surface area contributed by atoms with Crippen molar-refractivity contribution < 1.29 is 13.2 Å². The molecule has 0 unspecified atom stereocenters. The van der Waals surface area contributed by atoms with E-state index in [0.717, 1.165) is 11.8 Å². The van der Waals surface area contributed by atoms with E-state index in [1.807, 2.05) is 0 Å². The Bertz CT molecular complexity index is 1880. The summed E-state index contributed by atoms with van der Waals surface area (Å²) in [4.78, 5) is 33.6. The number of carbonyl (C=O) groups excluding carboxylic acids is 1. The van der Waals surface area contributed by atoms with Crippen LogP contribution < -0.4 is 16.6 Å². The van der Waals surface area contributed by atoms with Crippen molar-refractivity contribution in [2.24, 2.45) is 0 Å². The monoisotopic (exact) mass is 547 g/mol. The molecule has 0 spiro atoms. The molecule has 38 heavy (non-hydrogen) atoms. The highest BCUT2D eigenvalue weighted by Gasteiger charge is 2.27. The summed E-state index contributed by atoms with van der Waals surface area (Å²) >= 11 is 6.35. The molecule has 0 radical (unpaired) electrons. The molecule has 11 heteroatoms. The van der Waals surface area contributed by atoms with Gasteiger partial charge in [-0.3, -0.25) is 9.59 Å². The number of nitrogens with two attached hydrogens (primary N) is 1. The van der Waals surface area contributed by atoms with E-state index in [0.29, 0.717) is 27.3 Å². The molecule has 4 N–H and O–H groups in total. The van der Waals surface area contributed by atoms with Gasteiger partial charge in [-0.05, 0) is 60.2 Å². The third kappa shape index (κ3) is 4.79. The quantitative estimate of drug-likeness (QED) is 0.289. The van der Waals surface area contributed by atoms with E-state index < -0.39 is 21.3 Å². The number of anilines is 2. The van der Waals surface area contributed by atoms with Crippen molar-refractivity contribution in [2.75, 3.05) is 17.3 Å². The number of nitrogens with one attached hydrogen (secondary N) is 2. The molecule has 0 saturated carbocycles. The van der Waals surface area contributed by atoms with Gasteiger partial charge in [0.15, 0.2) is 9.84 Å². The van der Waals surface area contributed by atoms with Crippen LogP contribution in [0.5, 0.6) is 0 Å². The summed E-state index contributed by atoms with van der Waals surface area (Å²) in [6.45, 7) is 0.214. The summed E-state index contributed by atoms with van der Waals surface area (Å²) < 4.78 is 26.5. The lowest BCUT2D eigenvalue weighted by Crippen LogP contribution is -2.21. The smallest absolute Gasteiger partial charge is 0.273 e. The molecule has 0 fully saturated rings. The third-order valence-corrected chi connectivity index (χ3v) is 7.44. The number of hydrogen-bond donors (Lipinski definition) is 3. The van der Waals surface area contributed by atoms with E-state index in [-0.39, 0.29) is 28.4 Å². The second-order valence-corrected chi connectivity index (χ2v) is 11.1. The van der Waals surface area contributed by atoms with Crippen molar-refractivity contribution in [3.63, 3.8) is 0 Å². The highest BCUT2D eigenvalue weighted by atomic mass is 35.5. The summed E-state index contributed by atoms with van der Waals surface area (Å²) in [5, 5.41) is 3.76. The molecule has 0 aliphatic carbocycles. The normalized spacial score (nSPS) is 11.5. The Morgan fingerprint density at radius 2 is 1.89 bits per heavy atom. The maximum atomic E-state index is 14.0. The molecule has 0 saturated heterocycles. The van der Waals surface area contributed by atoms with Gasteiger partial charge in [-0.1, -0.05) is 23.7 Å². The predicted molar refractivity (Wildman–Crippen MR) is 148 cm³/mol. The van der Waals surface area contributed by atoms with Crippen LogP contribution in [0, 0.1) is 0 Å². The van der Waals surface area contributed by atoms with Crippen LogP contribution in [0.25, 0.3) is 22.0 Å². The van der Waals surface area contributed by atoms with Crippen LogP contribution in [0.4, 0.5) is 11.5 Å². The van der Waals surface area contributed by atoms with Crippen LogP contribution in [0.2, 0.25) is 5.02 Å². The van der Waals surface area contributed by atoms with Crippen LogP contribution in [-0.4, -0.2) is 35.1 Å². The van der Waals surface area contributed by atoms with Gasteiger partial charge in [-0.2, -0.15) is 0 Å². The first-order valence-electron chi connectivity index (χ1n) is 11.4. The molecule has 0 aliphatic rings. The molecule has 0 aliphatic heterocycles. The summed E-state index contributed by atoms with van der Waals surface area (Å²) in [7, 11) is -3.64. The first-order chi connectivity index (χ1) is 18.1. The highest BCUT2D eigenvalue weighted by Crippen LogP contribution is 2.36. The Morgan fingerprint density at radius 3 is 2.63 bits per heavy atom. The Balaban J connectivity index is 1.80. The number of nitrogens with zero attached hydrogens (tertiary/aromatic N) is 2. The van der Waals surface area contributed by atoms with Gasteiger partial charge in [0.25, 0.3) is 11.5 Å². The van der Waals surface area contributed by atoms with Crippen LogP contribution in [0.15, 0.2) is 88.8 Å². The second kappa shape index (κ2) is 9.81. The third-order valence-electron chi connectivity index (χ3n) is 6.05. The lowest BCUT2D eigenvalue weighted by molar-refractivity contribution is 0.101. The zero-order valence-electron chi connectivity index (χ0n) is 20.1. The van der Waals surface area contributed by atoms with Crippen molar-refractivity contribution in [2.45, 2.75) is 11.4 Å². The SMILES string of the molecule is CS(=O)(=O)c1ccccc1NC(=O)c1c(-c2ccc[nH]c2=O)c2cc(Cl)ccc2n1Cc1ccnc(N)c1. The van der Waals surface area contributed by atoms with Crippen molar-refractivity contribution in [3.8, 4) is 11.1 Å². The Labute approximate surface area is 222 Å². The molecule has 5 rings (SSSR count). The number of rotatable bonds is 6. The predicted octanol–water partition coefficient (Wildman–Crippen LogP) is 4.33. The van der Waals surface area contributed by atoms with E-state index in [1.165, 1.54) is 18.3 Å². The number of nitrogen functional groups attached to an aromatic ring is 1. The molecule has 2 aromatic carbocycles. The topological polar surface area (TPSA) is 140 Å². The molecule has 0 bridgehead atoms. The van der Waals surface area contributed by atoms with E-state index in [9.17, 15) is 18.0 Å². The molecule has 3 heterocycles.